The van der Waals surface area contributed by atoms with Crippen LogP contribution in [0.15, 0.2) is 29.0 Å². The van der Waals surface area contributed by atoms with Gasteiger partial charge in [-0.15, -0.1) is 0 Å². The van der Waals surface area contributed by atoms with Crippen molar-refractivity contribution in [3.05, 3.63) is 34.7 Å². The van der Waals surface area contributed by atoms with Crippen LogP contribution in [0.1, 0.15) is 26.5 Å². The summed E-state index contributed by atoms with van der Waals surface area (Å²) in [5, 5.41) is 4.51. The molecule has 0 unspecified atom stereocenters. The number of carbonyl (C=O) groups excluding carboxylic acids is 1. The number of ether oxygens (including phenoxy) is 1. The Kier molecular flexibility index (Phi) is 5.22. The summed E-state index contributed by atoms with van der Waals surface area (Å²) in [4.78, 5) is 20.8. The number of piperazine rings is 1. The van der Waals surface area contributed by atoms with E-state index in [-0.39, 0.29) is 6.09 Å². The van der Waals surface area contributed by atoms with Crippen LogP contribution in [0.5, 0.6) is 0 Å². The molecular formula is C18H24BrN5O2. The second-order valence-electron chi connectivity index (χ2n) is 7.35. The number of hydrogen-bond acceptors (Lipinski definition) is 5. The second-order valence-corrected chi connectivity index (χ2v) is 8.27. The normalized spacial score (nSPS) is 15.3. The minimum Gasteiger partial charge on any atom is -0.444 e. The minimum atomic E-state index is -0.480. The van der Waals surface area contributed by atoms with Gasteiger partial charge in [-0.05, 0) is 55.8 Å². The first-order chi connectivity index (χ1) is 12.2. The number of amides is 1. The van der Waals surface area contributed by atoms with Crippen molar-refractivity contribution in [3.8, 4) is 5.69 Å². The highest BCUT2D eigenvalue weighted by atomic mass is 79.9. The van der Waals surface area contributed by atoms with Gasteiger partial charge in [-0.3, -0.25) is 0 Å². The van der Waals surface area contributed by atoms with Crippen LogP contribution in [0, 0.1) is 6.92 Å². The number of carbonyl (C=O) groups is 1. The van der Waals surface area contributed by atoms with Crippen LogP contribution in [0.25, 0.3) is 5.69 Å². The summed E-state index contributed by atoms with van der Waals surface area (Å²) in [6.45, 7) is 10.2. The number of aryl methyl sites for hydroxylation is 1. The average Bonchev–Trinajstić information content (AvgIpc) is 3.00. The van der Waals surface area contributed by atoms with Gasteiger partial charge in [0.25, 0.3) is 0 Å². The fourth-order valence-corrected chi connectivity index (χ4v) is 3.13. The van der Waals surface area contributed by atoms with E-state index in [2.05, 4.69) is 30.9 Å². The van der Waals surface area contributed by atoms with Gasteiger partial charge in [0, 0.05) is 43.0 Å². The van der Waals surface area contributed by atoms with E-state index in [4.69, 9.17) is 4.74 Å². The number of anilines is 1. The Morgan fingerprint density at radius 1 is 1.23 bits per heavy atom. The number of nitrogens with zero attached hydrogens (tertiary/aromatic N) is 5. The smallest absolute Gasteiger partial charge is 0.410 e. The van der Waals surface area contributed by atoms with Crippen molar-refractivity contribution >= 4 is 27.8 Å². The van der Waals surface area contributed by atoms with Crippen molar-refractivity contribution < 1.29 is 9.53 Å². The summed E-state index contributed by atoms with van der Waals surface area (Å²) < 4.78 is 8.20. The molecule has 1 fully saturated rings. The van der Waals surface area contributed by atoms with Gasteiger partial charge in [-0.2, -0.15) is 5.10 Å². The first-order valence-corrected chi connectivity index (χ1v) is 9.43. The zero-order chi connectivity index (χ0) is 18.9. The summed E-state index contributed by atoms with van der Waals surface area (Å²) >= 11 is 3.49. The first kappa shape index (κ1) is 18.7. The largest absolute Gasteiger partial charge is 0.444 e. The Morgan fingerprint density at radius 3 is 2.50 bits per heavy atom. The molecule has 0 bridgehead atoms. The Labute approximate surface area is 162 Å². The fraction of sp³-hybridized carbons (Fsp3) is 0.500. The highest BCUT2D eigenvalue weighted by Crippen LogP contribution is 2.26. The van der Waals surface area contributed by atoms with E-state index in [1.165, 1.54) is 0 Å². The first-order valence-electron chi connectivity index (χ1n) is 8.64. The lowest BCUT2D eigenvalue weighted by Gasteiger charge is -2.36. The van der Waals surface area contributed by atoms with Gasteiger partial charge in [0.05, 0.1) is 5.69 Å². The zero-order valence-corrected chi connectivity index (χ0v) is 17.2. The Morgan fingerprint density at radius 2 is 1.92 bits per heavy atom. The van der Waals surface area contributed by atoms with E-state index in [1.807, 2.05) is 50.7 Å². The Bertz CT molecular complexity index is 791. The van der Waals surface area contributed by atoms with Gasteiger partial charge < -0.3 is 14.5 Å². The highest BCUT2D eigenvalue weighted by Gasteiger charge is 2.27. The molecule has 0 N–H and O–H groups in total. The third-order valence-electron chi connectivity index (χ3n) is 4.01. The molecule has 3 rings (SSSR count). The number of pyridine rings is 1. The molecule has 0 spiro atoms. The van der Waals surface area contributed by atoms with E-state index in [0.717, 1.165) is 21.7 Å². The van der Waals surface area contributed by atoms with E-state index in [1.54, 1.807) is 11.1 Å². The molecule has 2 aromatic heterocycles. The van der Waals surface area contributed by atoms with Crippen molar-refractivity contribution in [1.29, 1.82) is 0 Å². The summed E-state index contributed by atoms with van der Waals surface area (Å²) in [6, 6.07) is 3.97. The van der Waals surface area contributed by atoms with E-state index in [9.17, 15) is 4.79 Å². The molecule has 1 amide bonds. The molecule has 140 valence electrons. The quantitative estimate of drug-likeness (QED) is 0.743. The number of aromatic nitrogens is 3. The topological polar surface area (TPSA) is 63.5 Å². The molecule has 0 saturated carbocycles. The number of rotatable bonds is 2. The highest BCUT2D eigenvalue weighted by molar-refractivity contribution is 9.10. The van der Waals surface area contributed by atoms with Crippen LogP contribution >= 0.6 is 15.9 Å². The SMILES string of the molecule is Cc1ccn(-c2cc(Br)cnc2N2CCN(C(=O)OC(C)(C)C)CC2)n1. The van der Waals surface area contributed by atoms with Crippen LogP contribution in [-0.4, -0.2) is 57.5 Å². The van der Waals surface area contributed by atoms with E-state index >= 15 is 0 Å². The van der Waals surface area contributed by atoms with Gasteiger partial charge in [0.2, 0.25) is 0 Å². The molecule has 0 aromatic carbocycles. The lowest BCUT2D eigenvalue weighted by atomic mass is 10.2. The molecule has 1 aliphatic heterocycles. The molecule has 2 aromatic rings. The van der Waals surface area contributed by atoms with Gasteiger partial charge in [0.15, 0.2) is 5.82 Å². The van der Waals surface area contributed by atoms with E-state index < -0.39 is 5.60 Å². The molecule has 1 saturated heterocycles. The maximum Gasteiger partial charge on any atom is 0.410 e. The standard InChI is InChI=1S/C18H24BrN5O2/c1-13-5-6-24(21-13)15-11-14(19)12-20-16(15)22-7-9-23(10-8-22)17(25)26-18(2,3)4/h5-6,11-12H,7-10H2,1-4H3. The molecule has 1 aliphatic rings. The molecule has 3 heterocycles. The summed E-state index contributed by atoms with van der Waals surface area (Å²) in [5.74, 6) is 0.861. The fourth-order valence-electron chi connectivity index (χ4n) is 2.81. The predicted octanol–water partition coefficient (Wildman–Crippen LogP) is 3.40. The molecule has 8 heteroatoms. The van der Waals surface area contributed by atoms with Crippen LogP contribution in [-0.2, 0) is 4.74 Å². The summed E-state index contributed by atoms with van der Waals surface area (Å²) in [7, 11) is 0. The molecule has 26 heavy (non-hydrogen) atoms. The van der Waals surface area contributed by atoms with Gasteiger partial charge in [-0.25, -0.2) is 14.5 Å². The van der Waals surface area contributed by atoms with Crippen LogP contribution in [0.2, 0.25) is 0 Å². The minimum absolute atomic E-state index is 0.260. The van der Waals surface area contributed by atoms with Crippen LogP contribution in [0.4, 0.5) is 10.6 Å². The monoisotopic (exact) mass is 421 g/mol. The zero-order valence-electron chi connectivity index (χ0n) is 15.6. The maximum atomic E-state index is 12.2. The van der Waals surface area contributed by atoms with Crippen molar-refractivity contribution in [2.24, 2.45) is 0 Å². The second kappa shape index (κ2) is 7.26. The number of halogens is 1. The summed E-state index contributed by atoms with van der Waals surface area (Å²) in [6.07, 6.45) is 3.46. The van der Waals surface area contributed by atoms with Gasteiger partial charge >= 0.3 is 6.09 Å². The maximum absolute atomic E-state index is 12.2. The van der Waals surface area contributed by atoms with Crippen molar-refractivity contribution in [2.75, 3.05) is 31.1 Å². The molecular weight excluding hydrogens is 398 g/mol. The van der Waals surface area contributed by atoms with Crippen LogP contribution in [0.3, 0.4) is 0 Å². The third kappa shape index (κ3) is 4.35. The summed E-state index contributed by atoms with van der Waals surface area (Å²) in [5.41, 5.74) is 1.39. The van der Waals surface area contributed by atoms with Crippen molar-refractivity contribution in [1.82, 2.24) is 19.7 Å². The average molecular weight is 422 g/mol. The Balaban J connectivity index is 1.75. The lowest BCUT2D eigenvalue weighted by molar-refractivity contribution is 0.0240. The molecule has 7 nitrogen and oxygen atoms in total. The van der Waals surface area contributed by atoms with Gasteiger partial charge in [-0.1, -0.05) is 0 Å². The molecule has 0 aliphatic carbocycles. The molecule has 0 atom stereocenters. The predicted molar refractivity (Wildman–Crippen MR) is 104 cm³/mol. The third-order valence-corrected chi connectivity index (χ3v) is 4.45. The van der Waals surface area contributed by atoms with Crippen LogP contribution < -0.4 is 4.90 Å². The number of hydrogen-bond donors (Lipinski definition) is 0. The van der Waals surface area contributed by atoms with E-state index in [0.29, 0.717) is 26.2 Å². The van der Waals surface area contributed by atoms with Crippen molar-refractivity contribution in [3.63, 3.8) is 0 Å². The Hall–Kier alpha value is -2.09. The molecule has 0 radical (unpaired) electrons. The van der Waals surface area contributed by atoms with Crippen molar-refractivity contribution in [2.45, 2.75) is 33.3 Å². The van der Waals surface area contributed by atoms with Gasteiger partial charge in [0.1, 0.15) is 11.3 Å². The lowest BCUT2D eigenvalue weighted by Crippen LogP contribution is -2.50.